The Morgan fingerprint density at radius 3 is 2.70 bits per heavy atom. The van der Waals surface area contributed by atoms with Gasteiger partial charge in [0.1, 0.15) is 11.6 Å². The standard InChI is InChI=1S/C24H27FN2O3/c1-29-21-8-4-5-17(13-21)15-27(24(28)19-6-2-3-7-19)16-22-14-23(26-30-22)18-9-11-20(25)12-10-18/h4-5,8-13,19,22H,2-3,6-7,14-16H2,1H3/t22-/m0/s1. The van der Waals surface area contributed by atoms with Crippen molar-refractivity contribution < 1.29 is 18.8 Å². The predicted molar refractivity (Wildman–Crippen MR) is 113 cm³/mol. The number of rotatable bonds is 7. The molecule has 1 saturated carbocycles. The van der Waals surface area contributed by atoms with Gasteiger partial charge in [-0.15, -0.1) is 0 Å². The Kier molecular flexibility index (Phi) is 6.31. The number of benzene rings is 2. The number of amides is 1. The van der Waals surface area contributed by atoms with E-state index in [1.54, 1.807) is 19.2 Å². The van der Waals surface area contributed by atoms with Gasteiger partial charge >= 0.3 is 0 Å². The van der Waals surface area contributed by atoms with Crippen molar-refractivity contribution in [1.82, 2.24) is 4.90 Å². The minimum absolute atomic E-state index is 0.0921. The van der Waals surface area contributed by atoms with Crippen LogP contribution in [0.1, 0.15) is 43.2 Å². The molecule has 0 spiro atoms. The van der Waals surface area contributed by atoms with Gasteiger partial charge in [-0.05, 0) is 48.2 Å². The van der Waals surface area contributed by atoms with Crippen LogP contribution in [0.3, 0.4) is 0 Å². The highest BCUT2D eigenvalue weighted by Crippen LogP contribution is 2.28. The first kappa shape index (κ1) is 20.4. The van der Waals surface area contributed by atoms with Crippen molar-refractivity contribution >= 4 is 11.6 Å². The van der Waals surface area contributed by atoms with Crippen LogP contribution in [0.15, 0.2) is 53.7 Å². The number of hydrogen-bond acceptors (Lipinski definition) is 4. The Labute approximate surface area is 176 Å². The van der Waals surface area contributed by atoms with Crippen LogP contribution in [-0.2, 0) is 16.2 Å². The molecule has 1 fully saturated rings. The summed E-state index contributed by atoms with van der Waals surface area (Å²) in [6.45, 7) is 0.985. The van der Waals surface area contributed by atoms with Crippen LogP contribution in [0, 0.1) is 11.7 Å². The topological polar surface area (TPSA) is 51.1 Å². The molecule has 2 aliphatic rings. The number of carbonyl (C=O) groups excluding carboxylic acids is 1. The maximum absolute atomic E-state index is 13.2. The molecule has 1 aliphatic heterocycles. The van der Waals surface area contributed by atoms with E-state index in [1.165, 1.54) is 12.1 Å². The summed E-state index contributed by atoms with van der Waals surface area (Å²) in [5, 5.41) is 4.20. The summed E-state index contributed by atoms with van der Waals surface area (Å²) in [7, 11) is 1.64. The van der Waals surface area contributed by atoms with Crippen molar-refractivity contribution in [1.29, 1.82) is 0 Å². The highest BCUT2D eigenvalue weighted by atomic mass is 19.1. The van der Waals surface area contributed by atoms with Gasteiger partial charge in [-0.1, -0.05) is 42.3 Å². The van der Waals surface area contributed by atoms with Gasteiger partial charge in [-0.25, -0.2) is 4.39 Å². The van der Waals surface area contributed by atoms with Gasteiger partial charge in [0, 0.05) is 18.9 Å². The van der Waals surface area contributed by atoms with E-state index < -0.39 is 0 Å². The van der Waals surface area contributed by atoms with Crippen LogP contribution < -0.4 is 4.74 Å². The molecule has 0 N–H and O–H groups in total. The summed E-state index contributed by atoms with van der Waals surface area (Å²) >= 11 is 0. The fraction of sp³-hybridized carbons (Fsp3) is 0.417. The lowest BCUT2D eigenvalue weighted by Crippen LogP contribution is -2.40. The summed E-state index contributed by atoms with van der Waals surface area (Å²) in [6, 6.07) is 14.1. The van der Waals surface area contributed by atoms with Crippen LogP contribution in [0.2, 0.25) is 0 Å². The SMILES string of the molecule is COc1cccc(CN(C[C@@H]2CC(c3ccc(F)cc3)=NO2)C(=O)C2CCCC2)c1. The predicted octanol–water partition coefficient (Wildman–Crippen LogP) is 4.55. The third-order valence-electron chi connectivity index (χ3n) is 5.86. The second-order valence-corrected chi connectivity index (χ2v) is 8.03. The van der Waals surface area contributed by atoms with Gasteiger partial charge < -0.3 is 14.5 Å². The molecule has 0 aromatic heterocycles. The molecule has 158 valence electrons. The largest absolute Gasteiger partial charge is 0.497 e. The molecule has 0 radical (unpaired) electrons. The zero-order chi connectivity index (χ0) is 20.9. The Morgan fingerprint density at radius 2 is 1.97 bits per heavy atom. The third-order valence-corrected chi connectivity index (χ3v) is 5.86. The first-order valence-corrected chi connectivity index (χ1v) is 10.5. The van der Waals surface area contributed by atoms with Crippen molar-refractivity contribution in [3.8, 4) is 5.75 Å². The number of nitrogens with zero attached hydrogens (tertiary/aromatic N) is 2. The van der Waals surface area contributed by atoms with E-state index in [2.05, 4.69) is 5.16 Å². The van der Waals surface area contributed by atoms with Crippen molar-refractivity contribution in [2.24, 2.45) is 11.1 Å². The molecule has 1 amide bonds. The molecule has 0 unspecified atom stereocenters. The number of carbonyl (C=O) groups is 1. The van der Waals surface area contributed by atoms with Crippen LogP contribution in [-0.4, -0.2) is 36.3 Å². The molecule has 0 saturated heterocycles. The van der Waals surface area contributed by atoms with E-state index in [1.807, 2.05) is 29.2 Å². The molecule has 2 aromatic carbocycles. The van der Waals surface area contributed by atoms with Gasteiger partial charge in [0.2, 0.25) is 5.91 Å². The monoisotopic (exact) mass is 410 g/mol. The van der Waals surface area contributed by atoms with Crippen molar-refractivity contribution in [3.63, 3.8) is 0 Å². The van der Waals surface area contributed by atoms with E-state index >= 15 is 0 Å². The van der Waals surface area contributed by atoms with Gasteiger partial charge in [-0.2, -0.15) is 0 Å². The molecule has 2 aromatic rings. The maximum atomic E-state index is 13.2. The minimum atomic E-state index is -0.276. The van der Waals surface area contributed by atoms with Gasteiger partial charge in [0.25, 0.3) is 0 Å². The molecule has 1 atom stereocenters. The summed E-state index contributed by atoms with van der Waals surface area (Å²) in [4.78, 5) is 20.8. The summed E-state index contributed by atoms with van der Waals surface area (Å²) in [5.74, 6) is 0.782. The normalized spacial score (nSPS) is 18.7. The number of halogens is 1. The Bertz CT molecular complexity index is 907. The Morgan fingerprint density at radius 1 is 1.20 bits per heavy atom. The molecule has 1 heterocycles. The minimum Gasteiger partial charge on any atom is -0.497 e. The average molecular weight is 410 g/mol. The van der Waals surface area contributed by atoms with Gasteiger partial charge in [0.05, 0.1) is 19.4 Å². The first-order valence-electron chi connectivity index (χ1n) is 10.5. The van der Waals surface area contributed by atoms with Crippen molar-refractivity contribution in [3.05, 3.63) is 65.5 Å². The molecular weight excluding hydrogens is 383 g/mol. The average Bonchev–Trinajstić information content (AvgIpc) is 3.46. The van der Waals surface area contributed by atoms with E-state index in [4.69, 9.17) is 9.57 Å². The van der Waals surface area contributed by atoms with Crippen LogP contribution in [0.4, 0.5) is 4.39 Å². The van der Waals surface area contributed by atoms with Gasteiger partial charge in [-0.3, -0.25) is 4.79 Å². The highest BCUT2D eigenvalue weighted by Gasteiger charge is 2.31. The fourth-order valence-electron chi connectivity index (χ4n) is 4.24. The van der Waals surface area contributed by atoms with Gasteiger partial charge in [0.15, 0.2) is 6.10 Å². The second kappa shape index (κ2) is 9.28. The van der Waals surface area contributed by atoms with E-state index in [0.717, 1.165) is 48.3 Å². The Hall–Kier alpha value is -2.89. The molecule has 6 heteroatoms. The lowest BCUT2D eigenvalue weighted by Gasteiger charge is -2.27. The second-order valence-electron chi connectivity index (χ2n) is 8.03. The fourth-order valence-corrected chi connectivity index (χ4v) is 4.24. The van der Waals surface area contributed by atoms with E-state index in [-0.39, 0.29) is 23.7 Å². The van der Waals surface area contributed by atoms with Crippen molar-refractivity contribution in [2.75, 3.05) is 13.7 Å². The molecule has 4 rings (SSSR count). The summed E-state index contributed by atoms with van der Waals surface area (Å²) in [6.07, 6.45) is 4.52. The van der Waals surface area contributed by atoms with Crippen LogP contribution in [0.5, 0.6) is 5.75 Å². The highest BCUT2D eigenvalue weighted by molar-refractivity contribution is 6.01. The zero-order valence-corrected chi connectivity index (χ0v) is 17.2. The number of oxime groups is 1. The molecule has 30 heavy (non-hydrogen) atoms. The number of hydrogen-bond donors (Lipinski definition) is 0. The molecular formula is C24H27FN2O3. The van der Waals surface area contributed by atoms with Crippen molar-refractivity contribution in [2.45, 2.75) is 44.8 Å². The summed E-state index contributed by atoms with van der Waals surface area (Å²) in [5.41, 5.74) is 2.66. The van der Waals surface area contributed by atoms with E-state index in [0.29, 0.717) is 19.5 Å². The first-order chi connectivity index (χ1) is 14.6. The van der Waals surface area contributed by atoms with Crippen LogP contribution >= 0.6 is 0 Å². The molecule has 0 bridgehead atoms. The maximum Gasteiger partial charge on any atom is 0.226 e. The van der Waals surface area contributed by atoms with Crippen LogP contribution in [0.25, 0.3) is 0 Å². The summed E-state index contributed by atoms with van der Waals surface area (Å²) < 4.78 is 18.5. The Balaban J connectivity index is 1.45. The third kappa shape index (κ3) is 4.81. The van der Waals surface area contributed by atoms with E-state index in [9.17, 15) is 9.18 Å². The number of ether oxygens (including phenoxy) is 1. The molecule has 5 nitrogen and oxygen atoms in total. The lowest BCUT2D eigenvalue weighted by molar-refractivity contribution is -0.137. The number of methoxy groups -OCH3 is 1. The smallest absolute Gasteiger partial charge is 0.226 e. The zero-order valence-electron chi connectivity index (χ0n) is 17.2. The lowest BCUT2D eigenvalue weighted by atomic mass is 10.0. The quantitative estimate of drug-likeness (QED) is 0.673. The molecule has 1 aliphatic carbocycles.